The maximum absolute atomic E-state index is 5.74. The third-order valence-corrected chi connectivity index (χ3v) is 4.89. The highest BCUT2D eigenvalue weighted by Gasteiger charge is 2.21. The van der Waals surface area contributed by atoms with Crippen LogP contribution in [-0.4, -0.2) is 30.2 Å². The molecule has 0 saturated carbocycles. The summed E-state index contributed by atoms with van der Waals surface area (Å²) >= 11 is 1.83. The van der Waals surface area contributed by atoms with Crippen molar-refractivity contribution in [3.8, 4) is 0 Å². The van der Waals surface area contributed by atoms with E-state index in [0.29, 0.717) is 12.1 Å². The normalized spacial score (nSPS) is 28.5. The minimum atomic E-state index is 0.408. The number of nitrogens with one attached hydrogen (secondary N) is 1. The number of hydrogen-bond donors (Lipinski definition) is 1. The highest BCUT2D eigenvalue weighted by molar-refractivity contribution is 8.14. The Kier molecular flexibility index (Phi) is 4.98. The van der Waals surface area contributed by atoms with Crippen LogP contribution in [-0.2, 0) is 4.74 Å². The molecule has 2 unspecified atom stereocenters. The first-order chi connectivity index (χ1) is 9.92. The summed E-state index contributed by atoms with van der Waals surface area (Å²) in [5, 5.41) is 4.61. The van der Waals surface area contributed by atoms with Crippen molar-refractivity contribution in [1.29, 1.82) is 0 Å². The molecule has 1 N–H and O–H groups in total. The van der Waals surface area contributed by atoms with E-state index < -0.39 is 0 Å². The van der Waals surface area contributed by atoms with E-state index in [1.165, 1.54) is 24.8 Å². The molecule has 1 aromatic rings. The topological polar surface area (TPSA) is 33.6 Å². The van der Waals surface area contributed by atoms with E-state index >= 15 is 0 Å². The molecule has 2 aliphatic rings. The number of amidine groups is 1. The van der Waals surface area contributed by atoms with Gasteiger partial charge in [0.15, 0.2) is 5.17 Å². The first kappa shape index (κ1) is 14.0. The fourth-order valence-corrected chi connectivity index (χ4v) is 3.70. The average Bonchev–Trinajstić information content (AvgIpc) is 2.98. The van der Waals surface area contributed by atoms with Crippen LogP contribution < -0.4 is 5.32 Å². The first-order valence-corrected chi connectivity index (χ1v) is 8.51. The summed E-state index contributed by atoms with van der Waals surface area (Å²) in [6.45, 7) is 1.81. The zero-order valence-corrected chi connectivity index (χ0v) is 12.6. The SMILES string of the molecule is c1ccc(C2CSC(=NCCC3CCCCO3)N2)cc1. The summed E-state index contributed by atoms with van der Waals surface area (Å²) in [6.07, 6.45) is 5.23. The smallest absolute Gasteiger partial charge is 0.157 e. The number of thioether (sulfide) groups is 1. The Bertz CT molecular complexity index is 443. The Morgan fingerprint density at radius 3 is 2.95 bits per heavy atom. The van der Waals surface area contributed by atoms with E-state index in [1.807, 2.05) is 11.8 Å². The lowest BCUT2D eigenvalue weighted by Gasteiger charge is -2.21. The molecule has 4 heteroatoms. The largest absolute Gasteiger partial charge is 0.378 e. The number of benzene rings is 1. The maximum atomic E-state index is 5.74. The lowest BCUT2D eigenvalue weighted by molar-refractivity contribution is 0.0129. The highest BCUT2D eigenvalue weighted by atomic mass is 32.2. The summed E-state index contributed by atoms with van der Waals surface area (Å²) in [4.78, 5) is 4.68. The molecule has 2 saturated heterocycles. The second-order valence-electron chi connectivity index (χ2n) is 5.38. The van der Waals surface area contributed by atoms with Crippen molar-refractivity contribution < 1.29 is 4.74 Å². The number of aliphatic imine (C=N–C) groups is 1. The monoisotopic (exact) mass is 290 g/mol. The molecular formula is C16H22N2OS. The van der Waals surface area contributed by atoms with Gasteiger partial charge in [0.1, 0.15) is 0 Å². The Labute approximate surface area is 125 Å². The number of ether oxygens (including phenoxy) is 1. The molecule has 0 amide bonds. The zero-order chi connectivity index (χ0) is 13.6. The van der Waals surface area contributed by atoms with Gasteiger partial charge in [-0.2, -0.15) is 0 Å². The fourth-order valence-electron chi connectivity index (χ4n) is 2.70. The molecule has 3 nitrogen and oxygen atoms in total. The molecule has 2 heterocycles. The lowest BCUT2D eigenvalue weighted by atomic mass is 10.1. The minimum absolute atomic E-state index is 0.408. The van der Waals surface area contributed by atoms with Gasteiger partial charge in [0.05, 0.1) is 12.1 Å². The number of nitrogens with zero attached hydrogens (tertiary/aromatic N) is 1. The van der Waals surface area contributed by atoms with Crippen LogP contribution in [0, 0.1) is 0 Å². The van der Waals surface area contributed by atoms with Gasteiger partial charge in [0, 0.05) is 18.9 Å². The van der Waals surface area contributed by atoms with Crippen LogP contribution in [0.4, 0.5) is 0 Å². The Balaban J connectivity index is 1.46. The van der Waals surface area contributed by atoms with Gasteiger partial charge >= 0.3 is 0 Å². The van der Waals surface area contributed by atoms with Crippen LogP contribution in [0.3, 0.4) is 0 Å². The van der Waals surface area contributed by atoms with Crippen LogP contribution in [0.2, 0.25) is 0 Å². The second kappa shape index (κ2) is 7.14. The molecule has 20 heavy (non-hydrogen) atoms. The van der Waals surface area contributed by atoms with Crippen LogP contribution in [0.15, 0.2) is 35.3 Å². The van der Waals surface area contributed by atoms with E-state index in [2.05, 4.69) is 40.6 Å². The first-order valence-electron chi connectivity index (χ1n) is 7.52. The van der Waals surface area contributed by atoms with Gasteiger partial charge in [0.2, 0.25) is 0 Å². The molecule has 3 rings (SSSR count). The summed E-state index contributed by atoms with van der Waals surface area (Å²) in [5.41, 5.74) is 1.35. The standard InChI is InChI=1S/C16H22N2OS/c1-2-6-13(7-3-1)15-12-20-16(18-15)17-10-9-14-8-4-5-11-19-14/h1-3,6-7,14-15H,4-5,8-12H2,(H,17,18). The molecule has 108 valence electrons. The molecular weight excluding hydrogens is 268 g/mol. The van der Waals surface area contributed by atoms with Gasteiger partial charge < -0.3 is 10.1 Å². The molecule has 0 aromatic heterocycles. The van der Waals surface area contributed by atoms with Crippen LogP contribution in [0.5, 0.6) is 0 Å². The molecule has 1 aromatic carbocycles. The Hall–Kier alpha value is -1.00. The van der Waals surface area contributed by atoms with Crippen molar-refractivity contribution >= 4 is 16.9 Å². The third kappa shape index (κ3) is 3.76. The van der Waals surface area contributed by atoms with Crippen molar-refractivity contribution in [2.45, 2.75) is 37.8 Å². The molecule has 2 fully saturated rings. The van der Waals surface area contributed by atoms with Crippen molar-refractivity contribution in [3.05, 3.63) is 35.9 Å². The van der Waals surface area contributed by atoms with Gasteiger partial charge in [-0.05, 0) is 31.2 Å². The van der Waals surface area contributed by atoms with Gasteiger partial charge in [-0.25, -0.2) is 0 Å². The van der Waals surface area contributed by atoms with Gasteiger partial charge in [0.25, 0.3) is 0 Å². The number of hydrogen-bond acceptors (Lipinski definition) is 3. The fraction of sp³-hybridized carbons (Fsp3) is 0.562. The summed E-state index contributed by atoms with van der Waals surface area (Å²) in [5.74, 6) is 1.07. The average molecular weight is 290 g/mol. The van der Waals surface area contributed by atoms with Gasteiger partial charge in [-0.3, -0.25) is 4.99 Å². The lowest BCUT2D eigenvalue weighted by Crippen LogP contribution is -2.21. The highest BCUT2D eigenvalue weighted by Crippen LogP contribution is 2.26. The quantitative estimate of drug-likeness (QED) is 0.923. The minimum Gasteiger partial charge on any atom is -0.378 e. The number of rotatable bonds is 4. The van der Waals surface area contributed by atoms with E-state index in [0.717, 1.165) is 30.5 Å². The Morgan fingerprint density at radius 1 is 1.25 bits per heavy atom. The van der Waals surface area contributed by atoms with Gasteiger partial charge in [-0.15, -0.1) is 0 Å². The molecule has 0 bridgehead atoms. The molecule has 0 aliphatic carbocycles. The van der Waals surface area contributed by atoms with Crippen molar-refractivity contribution in [3.63, 3.8) is 0 Å². The molecule has 2 atom stereocenters. The van der Waals surface area contributed by atoms with Crippen LogP contribution >= 0.6 is 11.8 Å². The predicted molar refractivity (Wildman–Crippen MR) is 85.3 cm³/mol. The van der Waals surface area contributed by atoms with Crippen molar-refractivity contribution in [2.24, 2.45) is 4.99 Å². The maximum Gasteiger partial charge on any atom is 0.157 e. The van der Waals surface area contributed by atoms with Crippen LogP contribution in [0.25, 0.3) is 0 Å². The van der Waals surface area contributed by atoms with Crippen molar-refractivity contribution in [1.82, 2.24) is 5.32 Å². The van der Waals surface area contributed by atoms with Crippen LogP contribution in [0.1, 0.15) is 37.3 Å². The molecule has 0 radical (unpaired) electrons. The Morgan fingerprint density at radius 2 is 2.15 bits per heavy atom. The third-order valence-electron chi connectivity index (χ3n) is 3.87. The van der Waals surface area contributed by atoms with E-state index in [-0.39, 0.29) is 0 Å². The van der Waals surface area contributed by atoms with E-state index in [1.54, 1.807) is 0 Å². The molecule has 2 aliphatic heterocycles. The summed E-state index contributed by atoms with van der Waals surface area (Å²) in [7, 11) is 0. The van der Waals surface area contributed by atoms with E-state index in [9.17, 15) is 0 Å². The predicted octanol–water partition coefficient (Wildman–Crippen LogP) is 3.38. The molecule has 0 spiro atoms. The summed E-state index contributed by atoms with van der Waals surface area (Å²) in [6, 6.07) is 11.0. The van der Waals surface area contributed by atoms with Crippen molar-refractivity contribution in [2.75, 3.05) is 18.9 Å². The second-order valence-corrected chi connectivity index (χ2v) is 6.39. The zero-order valence-electron chi connectivity index (χ0n) is 11.8. The summed E-state index contributed by atoms with van der Waals surface area (Å²) < 4.78 is 5.74. The van der Waals surface area contributed by atoms with Gasteiger partial charge in [-0.1, -0.05) is 42.1 Å². The van der Waals surface area contributed by atoms with E-state index in [4.69, 9.17) is 4.74 Å².